The van der Waals surface area contributed by atoms with Crippen molar-refractivity contribution in [2.75, 3.05) is 59.1 Å². The predicted molar refractivity (Wildman–Crippen MR) is 188 cm³/mol. The lowest BCUT2D eigenvalue weighted by Gasteiger charge is -2.62. The van der Waals surface area contributed by atoms with Crippen LogP contribution in [0.15, 0.2) is 11.3 Å². The minimum atomic E-state index is -4.68. The SMILES string of the molecule is C[C@@H]1CC[C@H]2[C@@H](C)[C@@](C)(OCCN3CCN(CCOCC4=C(C(F)(F)F)O[C@@H]5O[C@@]6(C)CC[C@H]7[C@H](C)CC[C@@H]4[C@@]57OO6)CC3)O[C@@H]3O[C@]4(C)CC[C@@H]1[C@]32OO4. The number of ether oxygens (including phenoxy) is 6. The van der Waals surface area contributed by atoms with Crippen molar-refractivity contribution in [2.24, 2.45) is 41.4 Å². The van der Waals surface area contributed by atoms with E-state index in [-0.39, 0.29) is 35.9 Å². The van der Waals surface area contributed by atoms with Gasteiger partial charge in [0, 0.05) is 81.4 Å². The normalized spacial score (nSPS) is 49.9. The van der Waals surface area contributed by atoms with Crippen LogP contribution < -0.4 is 0 Å². The molecule has 0 aromatic carbocycles. The Morgan fingerprint density at radius 3 is 1.91 bits per heavy atom. The van der Waals surface area contributed by atoms with E-state index in [0.717, 1.165) is 71.2 Å². The molecular formula is C40H61F3N2O10. The van der Waals surface area contributed by atoms with Crippen molar-refractivity contribution >= 4 is 0 Å². The molecule has 55 heavy (non-hydrogen) atoms. The van der Waals surface area contributed by atoms with Crippen LogP contribution in [0.2, 0.25) is 0 Å². The highest BCUT2D eigenvalue weighted by atomic mass is 19.4. The van der Waals surface area contributed by atoms with Gasteiger partial charge in [-0.05, 0) is 77.0 Å². The van der Waals surface area contributed by atoms with E-state index in [2.05, 4.69) is 37.5 Å². The van der Waals surface area contributed by atoms with E-state index in [1.165, 1.54) is 0 Å². The number of piperazine rings is 1. The third-order valence-electron chi connectivity index (χ3n) is 15.5. The van der Waals surface area contributed by atoms with Gasteiger partial charge in [-0.3, -0.25) is 9.80 Å². The van der Waals surface area contributed by atoms with Crippen LogP contribution in [0.5, 0.6) is 0 Å². The van der Waals surface area contributed by atoms with Crippen LogP contribution in [-0.4, -0.2) is 116 Å². The van der Waals surface area contributed by atoms with Gasteiger partial charge in [0.25, 0.3) is 0 Å². The fourth-order valence-corrected chi connectivity index (χ4v) is 12.1. The maximum absolute atomic E-state index is 14.5. The van der Waals surface area contributed by atoms with E-state index in [1.807, 2.05) is 6.92 Å². The Balaban J connectivity index is 0.770. The quantitative estimate of drug-likeness (QED) is 0.194. The molecule has 11 rings (SSSR count). The van der Waals surface area contributed by atoms with Crippen LogP contribution in [0.1, 0.15) is 92.9 Å². The molecule has 0 N–H and O–H groups in total. The van der Waals surface area contributed by atoms with Gasteiger partial charge in [0.05, 0.1) is 19.8 Å². The Kier molecular flexibility index (Phi) is 10.0. The Bertz CT molecular complexity index is 1480. The molecular weight excluding hydrogens is 725 g/mol. The first-order valence-corrected chi connectivity index (χ1v) is 21.0. The second-order valence-corrected chi connectivity index (χ2v) is 18.7. The Morgan fingerprint density at radius 2 is 1.25 bits per heavy atom. The van der Waals surface area contributed by atoms with Gasteiger partial charge in [-0.25, -0.2) is 19.6 Å². The minimum absolute atomic E-state index is 0.0527. The van der Waals surface area contributed by atoms with Gasteiger partial charge < -0.3 is 28.4 Å². The average molecular weight is 787 g/mol. The Hall–Kier alpha value is -1.11. The zero-order valence-corrected chi connectivity index (χ0v) is 33.3. The minimum Gasteiger partial charge on any atom is -0.456 e. The highest BCUT2D eigenvalue weighted by molar-refractivity contribution is 5.28. The van der Waals surface area contributed by atoms with Crippen molar-refractivity contribution in [3.63, 3.8) is 0 Å². The lowest BCUT2D eigenvalue weighted by molar-refractivity contribution is -0.585. The van der Waals surface area contributed by atoms with E-state index < -0.39 is 59.0 Å². The van der Waals surface area contributed by atoms with E-state index in [9.17, 15) is 13.2 Å². The molecule has 2 saturated carbocycles. The van der Waals surface area contributed by atoms with Gasteiger partial charge >= 0.3 is 6.18 Å². The molecule has 15 heteroatoms. The van der Waals surface area contributed by atoms with Crippen molar-refractivity contribution < 1.29 is 61.1 Å². The highest BCUT2D eigenvalue weighted by Gasteiger charge is 2.72. The van der Waals surface area contributed by atoms with Crippen LogP contribution in [0, 0.1) is 41.4 Å². The standard InChI is InChI=1S/C40H61F3N2O10/c1-24-7-9-30-26(3)37(6,51-34-38(30)28(24)11-14-36(5,50-34)53-54-38)47-22-20-45-17-15-44(16-18-45)19-21-46-23-27-31-10-8-25(2)29-12-13-35(4)49-33(39(29,31)55-52-35)48-32(27)40(41,42)43/h24-26,28-31,33-34H,7-23H2,1-6H3/t24-,25-,26-,28+,29+,30+,31+,33-,34+,35-,36+,37+,38-,39-/m1/s1. The topological polar surface area (TPSA) is 98.8 Å². The molecule has 12 nitrogen and oxygen atoms in total. The van der Waals surface area contributed by atoms with Gasteiger partial charge in [-0.15, -0.1) is 0 Å². The fourth-order valence-electron chi connectivity index (χ4n) is 12.1. The zero-order valence-electron chi connectivity index (χ0n) is 33.3. The smallest absolute Gasteiger partial charge is 0.449 e. The molecule has 9 aliphatic heterocycles. The lowest BCUT2D eigenvalue weighted by Crippen LogP contribution is -2.73. The van der Waals surface area contributed by atoms with Crippen molar-refractivity contribution in [3.05, 3.63) is 11.3 Å². The number of halogens is 3. The number of hydrogen-bond donors (Lipinski definition) is 0. The van der Waals surface area contributed by atoms with Crippen LogP contribution >= 0.6 is 0 Å². The zero-order chi connectivity index (χ0) is 38.6. The lowest BCUT2D eigenvalue weighted by atomic mass is 9.57. The van der Waals surface area contributed by atoms with Crippen molar-refractivity contribution in [1.82, 2.24) is 9.80 Å². The molecule has 10 fully saturated rings. The first kappa shape index (κ1) is 39.4. The largest absolute Gasteiger partial charge is 0.456 e. The van der Waals surface area contributed by atoms with Crippen molar-refractivity contribution in [3.8, 4) is 0 Å². The summed E-state index contributed by atoms with van der Waals surface area (Å²) in [5.74, 6) is -3.10. The number of hydrogen-bond acceptors (Lipinski definition) is 12. The van der Waals surface area contributed by atoms with Gasteiger partial charge in [-0.1, -0.05) is 20.8 Å². The number of alkyl halides is 3. The van der Waals surface area contributed by atoms with Gasteiger partial charge in [0.15, 0.2) is 23.3 Å². The summed E-state index contributed by atoms with van der Waals surface area (Å²) in [6.07, 6.45) is 0.0661. The molecule has 0 aromatic rings. The maximum atomic E-state index is 14.5. The second-order valence-electron chi connectivity index (χ2n) is 18.7. The molecule has 14 atom stereocenters. The van der Waals surface area contributed by atoms with Gasteiger partial charge in [0.2, 0.25) is 23.6 Å². The summed E-state index contributed by atoms with van der Waals surface area (Å²) in [5, 5.41) is 0. The van der Waals surface area contributed by atoms with Crippen LogP contribution in [0.4, 0.5) is 13.2 Å². The van der Waals surface area contributed by atoms with Crippen molar-refractivity contribution in [2.45, 2.75) is 140 Å². The summed E-state index contributed by atoms with van der Waals surface area (Å²) in [4.78, 5) is 28.8. The van der Waals surface area contributed by atoms with E-state index in [4.69, 9.17) is 48.0 Å². The molecule has 2 spiro atoms. The van der Waals surface area contributed by atoms with Crippen LogP contribution in [0.25, 0.3) is 0 Å². The summed E-state index contributed by atoms with van der Waals surface area (Å²) < 4.78 is 81.4. The molecule has 312 valence electrons. The molecule has 9 heterocycles. The third-order valence-corrected chi connectivity index (χ3v) is 15.5. The van der Waals surface area contributed by atoms with Crippen LogP contribution in [-0.2, 0) is 48.0 Å². The van der Waals surface area contributed by atoms with Crippen molar-refractivity contribution in [1.29, 1.82) is 0 Å². The first-order valence-electron chi connectivity index (χ1n) is 21.0. The summed E-state index contributed by atoms with van der Waals surface area (Å²) in [5.41, 5.74) is -1.65. The first-order chi connectivity index (χ1) is 26.1. The number of rotatable bonds is 9. The predicted octanol–water partition coefficient (Wildman–Crippen LogP) is 6.30. The van der Waals surface area contributed by atoms with E-state index >= 15 is 0 Å². The molecule has 4 bridgehead atoms. The second kappa shape index (κ2) is 14.0. The summed E-state index contributed by atoms with van der Waals surface area (Å²) in [6, 6.07) is 0. The molecule has 11 aliphatic rings. The van der Waals surface area contributed by atoms with E-state index in [1.54, 1.807) is 6.92 Å². The number of fused-ring (bicyclic) bond motifs is 4. The molecule has 0 amide bonds. The van der Waals surface area contributed by atoms with Gasteiger partial charge in [0.1, 0.15) is 0 Å². The average Bonchev–Trinajstić information content (AvgIpc) is 3.51. The molecule has 0 aromatic heterocycles. The Labute approximate surface area is 322 Å². The monoisotopic (exact) mass is 786 g/mol. The molecule has 0 radical (unpaired) electrons. The highest BCUT2D eigenvalue weighted by Crippen LogP contribution is 2.63. The Morgan fingerprint density at radius 1 is 0.673 bits per heavy atom. The third kappa shape index (κ3) is 6.44. The number of nitrogens with zero attached hydrogens (tertiary/aromatic N) is 2. The fraction of sp³-hybridized carbons (Fsp3) is 0.950. The molecule has 2 aliphatic carbocycles. The summed E-state index contributed by atoms with van der Waals surface area (Å²) >= 11 is 0. The van der Waals surface area contributed by atoms with Gasteiger partial charge in [-0.2, -0.15) is 13.2 Å². The molecule has 0 unspecified atom stereocenters. The number of allylic oxidation sites excluding steroid dienone is 1. The molecule has 8 saturated heterocycles. The summed E-state index contributed by atoms with van der Waals surface area (Å²) in [6.45, 7) is 17.8. The van der Waals surface area contributed by atoms with E-state index in [0.29, 0.717) is 44.4 Å². The summed E-state index contributed by atoms with van der Waals surface area (Å²) in [7, 11) is 0. The maximum Gasteiger partial charge on any atom is 0.449 e. The van der Waals surface area contributed by atoms with Crippen LogP contribution in [0.3, 0.4) is 0 Å².